The minimum absolute atomic E-state index is 0.101. The summed E-state index contributed by atoms with van der Waals surface area (Å²) in [6.45, 7) is 0.235. The van der Waals surface area contributed by atoms with Gasteiger partial charge in [0.25, 0.3) is 0 Å². The third-order valence-corrected chi connectivity index (χ3v) is 3.39. The Labute approximate surface area is 120 Å². The van der Waals surface area contributed by atoms with Crippen LogP contribution in [0.2, 0.25) is 5.02 Å². The van der Waals surface area contributed by atoms with E-state index in [-0.39, 0.29) is 12.5 Å². The number of amides is 1. The molecule has 1 N–H and O–H groups in total. The molecule has 0 atom stereocenters. The molecule has 5 nitrogen and oxygen atoms in total. The summed E-state index contributed by atoms with van der Waals surface area (Å²) in [5.41, 5.74) is 1.63. The van der Waals surface area contributed by atoms with Gasteiger partial charge in [-0.15, -0.1) is 0 Å². The van der Waals surface area contributed by atoms with E-state index in [4.69, 9.17) is 11.6 Å². The SMILES string of the molecule is Cn1cc(NC(=O)Cn2ccc3c(Cl)cccc32)cn1. The molecular weight excluding hydrogens is 276 g/mol. The molecule has 0 aliphatic carbocycles. The van der Waals surface area contributed by atoms with Gasteiger partial charge >= 0.3 is 0 Å². The molecule has 20 heavy (non-hydrogen) atoms. The summed E-state index contributed by atoms with van der Waals surface area (Å²) in [5.74, 6) is -0.101. The normalized spacial score (nSPS) is 10.9. The maximum absolute atomic E-state index is 12.0. The van der Waals surface area contributed by atoms with Crippen LogP contribution in [0.15, 0.2) is 42.9 Å². The number of aromatic nitrogens is 3. The summed E-state index contributed by atoms with van der Waals surface area (Å²) in [6.07, 6.45) is 5.23. The third-order valence-electron chi connectivity index (χ3n) is 3.06. The Hall–Kier alpha value is -2.27. The summed E-state index contributed by atoms with van der Waals surface area (Å²) in [7, 11) is 1.80. The third kappa shape index (κ3) is 2.40. The summed E-state index contributed by atoms with van der Waals surface area (Å²) < 4.78 is 3.51. The van der Waals surface area contributed by atoms with Gasteiger partial charge < -0.3 is 9.88 Å². The van der Waals surface area contributed by atoms with Crippen LogP contribution in [-0.2, 0) is 18.4 Å². The molecule has 1 amide bonds. The highest BCUT2D eigenvalue weighted by molar-refractivity contribution is 6.35. The van der Waals surface area contributed by atoms with Gasteiger partial charge in [0.15, 0.2) is 0 Å². The van der Waals surface area contributed by atoms with Gasteiger partial charge in [-0.2, -0.15) is 5.10 Å². The fraction of sp³-hybridized carbons (Fsp3) is 0.143. The number of nitrogens with zero attached hydrogens (tertiary/aromatic N) is 3. The molecule has 0 bridgehead atoms. The molecule has 0 radical (unpaired) electrons. The smallest absolute Gasteiger partial charge is 0.244 e. The average Bonchev–Trinajstić information content (AvgIpc) is 2.98. The lowest BCUT2D eigenvalue weighted by Gasteiger charge is -2.06. The van der Waals surface area contributed by atoms with Gasteiger partial charge in [-0.05, 0) is 18.2 Å². The van der Waals surface area contributed by atoms with Gasteiger partial charge in [-0.25, -0.2) is 0 Å². The van der Waals surface area contributed by atoms with Crippen molar-refractivity contribution in [2.75, 3.05) is 5.32 Å². The van der Waals surface area contributed by atoms with Crippen LogP contribution in [0.4, 0.5) is 5.69 Å². The van der Waals surface area contributed by atoms with Crippen molar-refractivity contribution in [1.29, 1.82) is 0 Å². The van der Waals surface area contributed by atoms with Crippen LogP contribution in [0.5, 0.6) is 0 Å². The molecule has 1 aromatic carbocycles. The molecule has 0 fully saturated rings. The topological polar surface area (TPSA) is 51.9 Å². The first kappa shape index (κ1) is 12.7. The number of anilines is 1. The summed E-state index contributed by atoms with van der Waals surface area (Å²) in [5, 5.41) is 8.45. The number of nitrogens with one attached hydrogen (secondary N) is 1. The van der Waals surface area contributed by atoms with Gasteiger partial charge in [-0.1, -0.05) is 17.7 Å². The minimum Gasteiger partial charge on any atom is -0.338 e. The number of aryl methyl sites for hydroxylation is 1. The standard InChI is InChI=1S/C14H13ClN4O/c1-18-8-10(7-16-18)17-14(20)9-19-6-5-11-12(15)3-2-4-13(11)19/h2-8H,9H2,1H3,(H,17,20). The van der Waals surface area contributed by atoms with E-state index in [1.165, 1.54) is 0 Å². The first-order valence-corrected chi connectivity index (χ1v) is 6.53. The number of hydrogen-bond acceptors (Lipinski definition) is 2. The molecular formula is C14H13ClN4O. The Morgan fingerprint density at radius 1 is 1.40 bits per heavy atom. The van der Waals surface area contributed by atoms with Crippen LogP contribution in [0.3, 0.4) is 0 Å². The number of carbonyl (C=O) groups is 1. The van der Waals surface area contributed by atoms with Gasteiger partial charge in [0, 0.05) is 35.4 Å². The predicted octanol–water partition coefficient (Wildman–Crippen LogP) is 2.67. The maximum Gasteiger partial charge on any atom is 0.244 e. The van der Waals surface area contributed by atoms with Crippen molar-refractivity contribution >= 4 is 34.1 Å². The first-order chi connectivity index (χ1) is 9.63. The second-order valence-corrected chi connectivity index (χ2v) is 4.97. The number of rotatable bonds is 3. The zero-order chi connectivity index (χ0) is 14.1. The highest BCUT2D eigenvalue weighted by Crippen LogP contribution is 2.24. The molecule has 0 spiro atoms. The predicted molar refractivity (Wildman–Crippen MR) is 78.8 cm³/mol. The number of halogens is 1. The van der Waals surface area contributed by atoms with E-state index < -0.39 is 0 Å². The van der Waals surface area contributed by atoms with Crippen molar-refractivity contribution in [1.82, 2.24) is 14.3 Å². The van der Waals surface area contributed by atoms with Gasteiger partial charge in [0.2, 0.25) is 5.91 Å². The summed E-state index contributed by atoms with van der Waals surface area (Å²) in [4.78, 5) is 12.0. The Morgan fingerprint density at radius 3 is 3.00 bits per heavy atom. The molecule has 0 aliphatic rings. The molecule has 0 aliphatic heterocycles. The van der Waals surface area contributed by atoms with Gasteiger partial charge in [-0.3, -0.25) is 9.48 Å². The van der Waals surface area contributed by atoms with Crippen LogP contribution in [-0.4, -0.2) is 20.3 Å². The van der Waals surface area contributed by atoms with Gasteiger partial charge in [0.05, 0.1) is 11.9 Å². The Bertz CT molecular complexity index is 774. The summed E-state index contributed by atoms with van der Waals surface area (Å²) in [6, 6.07) is 7.57. The molecule has 0 unspecified atom stereocenters. The second kappa shape index (κ2) is 5.02. The van der Waals surface area contributed by atoms with E-state index in [1.54, 1.807) is 24.1 Å². The van der Waals surface area contributed by atoms with E-state index in [9.17, 15) is 4.79 Å². The largest absolute Gasteiger partial charge is 0.338 e. The van der Waals surface area contributed by atoms with E-state index >= 15 is 0 Å². The van der Waals surface area contributed by atoms with Crippen molar-refractivity contribution in [2.24, 2.45) is 7.05 Å². The zero-order valence-electron chi connectivity index (χ0n) is 10.9. The lowest BCUT2D eigenvalue weighted by molar-refractivity contribution is -0.116. The van der Waals surface area contributed by atoms with Gasteiger partial charge in [0.1, 0.15) is 6.54 Å². The lowest BCUT2D eigenvalue weighted by atomic mass is 10.2. The maximum atomic E-state index is 12.0. The highest BCUT2D eigenvalue weighted by atomic mass is 35.5. The molecule has 6 heteroatoms. The fourth-order valence-electron chi connectivity index (χ4n) is 2.16. The van der Waals surface area contributed by atoms with E-state index in [2.05, 4.69) is 10.4 Å². The number of carbonyl (C=O) groups excluding carboxylic acids is 1. The first-order valence-electron chi connectivity index (χ1n) is 6.15. The fourth-order valence-corrected chi connectivity index (χ4v) is 2.40. The molecule has 0 saturated carbocycles. The lowest BCUT2D eigenvalue weighted by Crippen LogP contribution is -2.17. The average molecular weight is 289 g/mol. The second-order valence-electron chi connectivity index (χ2n) is 4.57. The van der Waals surface area contributed by atoms with Crippen LogP contribution < -0.4 is 5.32 Å². The molecule has 3 rings (SSSR count). The van der Waals surface area contributed by atoms with E-state index in [0.717, 1.165) is 10.9 Å². The Kier molecular flexibility index (Phi) is 3.20. The highest BCUT2D eigenvalue weighted by Gasteiger charge is 2.08. The van der Waals surface area contributed by atoms with Crippen molar-refractivity contribution in [2.45, 2.75) is 6.54 Å². The monoisotopic (exact) mass is 288 g/mol. The van der Waals surface area contributed by atoms with E-state index in [1.807, 2.05) is 35.0 Å². The molecule has 2 heterocycles. The van der Waals surface area contributed by atoms with Crippen molar-refractivity contribution in [3.8, 4) is 0 Å². The number of hydrogen-bond donors (Lipinski definition) is 1. The quantitative estimate of drug-likeness (QED) is 0.805. The number of benzene rings is 1. The van der Waals surface area contributed by atoms with Crippen LogP contribution in [0, 0.1) is 0 Å². The molecule has 2 aromatic heterocycles. The van der Waals surface area contributed by atoms with Crippen LogP contribution in [0.25, 0.3) is 10.9 Å². The van der Waals surface area contributed by atoms with E-state index in [0.29, 0.717) is 10.7 Å². The Balaban J connectivity index is 1.79. The molecule has 0 saturated heterocycles. The zero-order valence-corrected chi connectivity index (χ0v) is 11.6. The van der Waals surface area contributed by atoms with Crippen molar-refractivity contribution in [3.05, 3.63) is 47.9 Å². The van der Waals surface area contributed by atoms with Crippen molar-refractivity contribution < 1.29 is 4.79 Å². The minimum atomic E-state index is -0.101. The number of fused-ring (bicyclic) bond motifs is 1. The van der Waals surface area contributed by atoms with Crippen molar-refractivity contribution in [3.63, 3.8) is 0 Å². The molecule has 3 aromatic rings. The summed E-state index contributed by atoms with van der Waals surface area (Å²) >= 11 is 6.11. The molecule has 102 valence electrons. The Morgan fingerprint density at radius 2 is 2.25 bits per heavy atom. The van der Waals surface area contributed by atoms with Crippen LogP contribution in [0.1, 0.15) is 0 Å². The van der Waals surface area contributed by atoms with Crippen LogP contribution >= 0.6 is 11.6 Å².